The number of benzene rings is 1. The Bertz CT molecular complexity index is 828. The topological polar surface area (TPSA) is 65.5 Å². The number of carbonyl (C=O) groups excluding carboxylic acids is 1. The standard InChI is InChI=1S/C17H13BrClNO4/c18-9-4-10-22-17(21)16-14(11-5-2-1-3-6-11)15(20-24-16)12-7-8-13(19)23-12/h1-3,5-8H,4,9-10H2. The van der Waals surface area contributed by atoms with Crippen LogP contribution >= 0.6 is 27.5 Å². The van der Waals surface area contributed by atoms with Gasteiger partial charge in [0.15, 0.2) is 16.7 Å². The van der Waals surface area contributed by atoms with Gasteiger partial charge in [-0.15, -0.1) is 0 Å². The molecule has 0 amide bonds. The number of hydrogen-bond acceptors (Lipinski definition) is 5. The second-order valence-electron chi connectivity index (χ2n) is 4.88. The molecule has 2 heterocycles. The molecular formula is C17H13BrClNO4. The molecule has 0 spiro atoms. The van der Waals surface area contributed by atoms with Gasteiger partial charge in [-0.2, -0.15) is 0 Å². The van der Waals surface area contributed by atoms with Crippen LogP contribution in [0.25, 0.3) is 22.6 Å². The van der Waals surface area contributed by atoms with Crippen molar-refractivity contribution in [3.8, 4) is 22.6 Å². The summed E-state index contributed by atoms with van der Waals surface area (Å²) in [6.45, 7) is 0.293. The molecule has 0 atom stereocenters. The van der Waals surface area contributed by atoms with E-state index in [4.69, 9.17) is 25.3 Å². The SMILES string of the molecule is O=C(OCCCBr)c1onc(-c2ccc(Cl)o2)c1-c1ccccc1. The molecule has 0 aliphatic heterocycles. The highest BCUT2D eigenvalue weighted by Gasteiger charge is 2.27. The van der Waals surface area contributed by atoms with Gasteiger partial charge in [0.1, 0.15) is 0 Å². The fourth-order valence-corrected chi connectivity index (χ4v) is 2.57. The fraction of sp³-hybridized carbons (Fsp3) is 0.176. The molecule has 0 radical (unpaired) electrons. The molecule has 5 nitrogen and oxygen atoms in total. The Morgan fingerprint density at radius 2 is 2.00 bits per heavy atom. The van der Waals surface area contributed by atoms with Crippen LogP contribution in [0, 0.1) is 0 Å². The van der Waals surface area contributed by atoms with E-state index in [0.717, 1.165) is 10.9 Å². The van der Waals surface area contributed by atoms with Gasteiger partial charge < -0.3 is 13.7 Å². The van der Waals surface area contributed by atoms with Crippen LogP contribution in [0.3, 0.4) is 0 Å². The molecule has 0 fully saturated rings. The van der Waals surface area contributed by atoms with Crippen molar-refractivity contribution in [2.24, 2.45) is 0 Å². The summed E-state index contributed by atoms with van der Waals surface area (Å²) in [5.41, 5.74) is 1.69. The second kappa shape index (κ2) is 7.68. The summed E-state index contributed by atoms with van der Waals surface area (Å²) in [5.74, 6) is -0.105. The molecule has 3 aromatic rings. The summed E-state index contributed by atoms with van der Waals surface area (Å²) in [5, 5.41) is 4.97. The number of furan rings is 1. The first-order valence-electron chi connectivity index (χ1n) is 7.24. The predicted octanol–water partition coefficient (Wildman–Crippen LogP) is 5.20. The van der Waals surface area contributed by atoms with Crippen LogP contribution in [-0.2, 0) is 4.74 Å². The molecule has 0 unspecified atom stereocenters. The predicted molar refractivity (Wildman–Crippen MR) is 93.3 cm³/mol. The van der Waals surface area contributed by atoms with Gasteiger partial charge in [-0.25, -0.2) is 4.79 Å². The van der Waals surface area contributed by atoms with E-state index in [1.54, 1.807) is 12.1 Å². The summed E-state index contributed by atoms with van der Waals surface area (Å²) in [4.78, 5) is 12.3. The van der Waals surface area contributed by atoms with E-state index in [2.05, 4.69) is 21.1 Å². The van der Waals surface area contributed by atoms with E-state index in [1.807, 2.05) is 30.3 Å². The summed E-state index contributed by atoms with van der Waals surface area (Å²) >= 11 is 9.13. The normalized spacial score (nSPS) is 10.8. The zero-order valence-corrected chi connectivity index (χ0v) is 14.8. The van der Waals surface area contributed by atoms with Crippen LogP contribution in [0.2, 0.25) is 5.22 Å². The first-order chi connectivity index (χ1) is 11.7. The maximum atomic E-state index is 12.3. The molecule has 0 aliphatic rings. The zero-order chi connectivity index (χ0) is 16.9. The molecule has 0 aliphatic carbocycles. The Hall–Kier alpha value is -2.05. The first kappa shape index (κ1) is 16.8. The average Bonchev–Trinajstić information content (AvgIpc) is 3.22. The number of ether oxygens (including phenoxy) is 1. The Balaban J connectivity index is 2.03. The summed E-state index contributed by atoms with van der Waals surface area (Å²) in [6.07, 6.45) is 0.710. The lowest BCUT2D eigenvalue weighted by atomic mass is 10.0. The molecule has 2 aromatic heterocycles. The third-order valence-corrected chi connectivity index (χ3v) is 4.02. The van der Waals surface area contributed by atoms with E-state index in [0.29, 0.717) is 30.0 Å². The summed E-state index contributed by atoms with van der Waals surface area (Å²) < 4.78 is 15.9. The van der Waals surface area contributed by atoms with Crippen molar-refractivity contribution in [3.63, 3.8) is 0 Å². The maximum Gasteiger partial charge on any atom is 0.377 e. The molecule has 0 N–H and O–H groups in total. The number of carbonyl (C=O) groups is 1. The van der Waals surface area contributed by atoms with E-state index in [-0.39, 0.29) is 11.0 Å². The number of halogens is 2. The van der Waals surface area contributed by atoms with Gasteiger partial charge in [0.25, 0.3) is 5.76 Å². The fourth-order valence-electron chi connectivity index (χ4n) is 2.20. The minimum absolute atomic E-state index is 0.0401. The number of esters is 1. The van der Waals surface area contributed by atoms with Crippen molar-refractivity contribution in [2.45, 2.75) is 6.42 Å². The lowest BCUT2D eigenvalue weighted by molar-refractivity contribution is 0.0461. The van der Waals surface area contributed by atoms with Crippen LogP contribution in [0.15, 0.2) is 51.4 Å². The molecule has 24 heavy (non-hydrogen) atoms. The minimum atomic E-state index is -0.564. The highest BCUT2D eigenvalue weighted by molar-refractivity contribution is 9.09. The van der Waals surface area contributed by atoms with Gasteiger partial charge in [0.05, 0.1) is 12.2 Å². The Morgan fingerprint density at radius 3 is 2.67 bits per heavy atom. The van der Waals surface area contributed by atoms with Crippen molar-refractivity contribution in [3.05, 3.63) is 53.4 Å². The third kappa shape index (κ3) is 3.55. The van der Waals surface area contributed by atoms with Crippen molar-refractivity contribution >= 4 is 33.5 Å². The van der Waals surface area contributed by atoms with Crippen LogP contribution in [0.5, 0.6) is 0 Å². The van der Waals surface area contributed by atoms with E-state index >= 15 is 0 Å². The maximum absolute atomic E-state index is 12.3. The Kier molecular flexibility index (Phi) is 5.37. The Morgan fingerprint density at radius 1 is 1.21 bits per heavy atom. The molecule has 1 aromatic carbocycles. The number of hydrogen-bond donors (Lipinski definition) is 0. The lowest BCUT2D eigenvalue weighted by Gasteiger charge is -2.04. The molecule has 124 valence electrons. The number of nitrogens with zero attached hydrogens (tertiary/aromatic N) is 1. The van der Waals surface area contributed by atoms with Crippen molar-refractivity contribution in [1.82, 2.24) is 5.16 Å². The van der Waals surface area contributed by atoms with E-state index in [9.17, 15) is 4.79 Å². The average molecular weight is 411 g/mol. The second-order valence-corrected chi connectivity index (χ2v) is 6.05. The molecular weight excluding hydrogens is 398 g/mol. The summed E-state index contributed by atoms with van der Waals surface area (Å²) in [6, 6.07) is 12.6. The van der Waals surface area contributed by atoms with Gasteiger partial charge in [-0.05, 0) is 35.7 Å². The van der Waals surface area contributed by atoms with Crippen molar-refractivity contribution < 1.29 is 18.5 Å². The summed E-state index contributed by atoms with van der Waals surface area (Å²) in [7, 11) is 0. The monoisotopic (exact) mass is 409 g/mol. The van der Waals surface area contributed by atoms with Gasteiger partial charge in [0, 0.05) is 5.33 Å². The zero-order valence-electron chi connectivity index (χ0n) is 12.5. The van der Waals surface area contributed by atoms with E-state index in [1.165, 1.54) is 0 Å². The van der Waals surface area contributed by atoms with Crippen LogP contribution in [0.1, 0.15) is 17.0 Å². The lowest BCUT2D eigenvalue weighted by Crippen LogP contribution is -2.07. The van der Waals surface area contributed by atoms with Gasteiger partial charge >= 0.3 is 5.97 Å². The molecule has 3 rings (SSSR count). The van der Waals surface area contributed by atoms with Crippen LogP contribution < -0.4 is 0 Å². The number of rotatable bonds is 6. The van der Waals surface area contributed by atoms with Crippen LogP contribution in [0.4, 0.5) is 0 Å². The van der Waals surface area contributed by atoms with E-state index < -0.39 is 5.97 Å². The highest BCUT2D eigenvalue weighted by atomic mass is 79.9. The first-order valence-corrected chi connectivity index (χ1v) is 8.74. The smallest absolute Gasteiger partial charge is 0.377 e. The molecule has 7 heteroatoms. The minimum Gasteiger partial charge on any atom is -0.460 e. The molecule has 0 bridgehead atoms. The Labute approximate surface area is 151 Å². The highest BCUT2D eigenvalue weighted by Crippen LogP contribution is 2.36. The number of alkyl halides is 1. The molecule has 0 saturated carbocycles. The quantitative estimate of drug-likeness (QED) is 0.317. The van der Waals surface area contributed by atoms with Gasteiger partial charge in [-0.1, -0.05) is 51.4 Å². The number of aromatic nitrogens is 1. The third-order valence-electron chi connectivity index (χ3n) is 3.26. The largest absolute Gasteiger partial charge is 0.460 e. The van der Waals surface area contributed by atoms with Crippen molar-refractivity contribution in [1.29, 1.82) is 0 Å². The van der Waals surface area contributed by atoms with Gasteiger partial charge in [0.2, 0.25) is 0 Å². The van der Waals surface area contributed by atoms with Crippen molar-refractivity contribution in [2.75, 3.05) is 11.9 Å². The van der Waals surface area contributed by atoms with Crippen LogP contribution in [-0.4, -0.2) is 23.1 Å². The molecule has 0 saturated heterocycles. The van der Waals surface area contributed by atoms with Gasteiger partial charge in [-0.3, -0.25) is 0 Å².